The van der Waals surface area contributed by atoms with Crippen LogP contribution in [0.1, 0.15) is 29.4 Å². The van der Waals surface area contributed by atoms with Crippen molar-refractivity contribution in [2.45, 2.75) is 19.7 Å². The maximum atomic E-state index is 12.9. The molecule has 1 rings (SSSR count). The minimum atomic E-state index is -5.19. The van der Waals surface area contributed by atoms with E-state index in [1.807, 2.05) is 0 Å². The molecule has 0 saturated carbocycles. The van der Waals surface area contributed by atoms with Crippen LogP contribution in [0.25, 0.3) is 0 Å². The van der Waals surface area contributed by atoms with Crippen LogP contribution >= 0.6 is 0 Å². The van der Waals surface area contributed by atoms with Crippen LogP contribution in [0.3, 0.4) is 0 Å². The fraction of sp³-hybridized carbons (Fsp3) is 0.455. The molecule has 0 aliphatic heterocycles. The van der Waals surface area contributed by atoms with Crippen molar-refractivity contribution in [3.63, 3.8) is 0 Å². The molecule has 1 aromatic rings. The van der Waals surface area contributed by atoms with E-state index in [0.717, 1.165) is 7.11 Å². The van der Waals surface area contributed by atoms with Gasteiger partial charge in [0.05, 0.1) is 13.7 Å². The highest BCUT2D eigenvalue weighted by atomic mass is 19.4. The zero-order valence-electron chi connectivity index (χ0n) is 10.8. The van der Waals surface area contributed by atoms with Gasteiger partial charge in [0, 0.05) is 6.07 Å². The Labute approximate surface area is 115 Å². The van der Waals surface area contributed by atoms with Crippen molar-refractivity contribution >= 4 is 5.97 Å². The van der Waals surface area contributed by atoms with Crippen molar-refractivity contribution in [2.24, 2.45) is 0 Å². The molecule has 0 N–H and O–H groups in total. The van der Waals surface area contributed by atoms with Gasteiger partial charge in [-0.3, -0.25) is 0 Å². The summed E-state index contributed by atoms with van der Waals surface area (Å²) in [6, 6.07) is 0.575. The molecule has 0 aliphatic rings. The predicted octanol–water partition coefficient (Wildman–Crippen LogP) is 3.10. The van der Waals surface area contributed by atoms with Crippen LogP contribution in [0.2, 0.25) is 0 Å². The van der Waals surface area contributed by atoms with Crippen molar-refractivity contribution in [3.8, 4) is 11.6 Å². The molecule has 0 spiro atoms. The van der Waals surface area contributed by atoms with Gasteiger partial charge < -0.3 is 14.2 Å². The van der Waals surface area contributed by atoms with Gasteiger partial charge in [0.25, 0.3) is 6.43 Å². The van der Waals surface area contributed by atoms with E-state index in [-0.39, 0.29) is 6.61 Å². The van der Waals surface area contributed by atoms with Crippen LogP contribution in [-0.2, 0) is 4.74 Å². The van der Waals surface area contributed by atoms with Gasteiger partial charge in [0.15, 0.2) is 5.75 Å². The first-order valence-electron chi connectivity index (χ1n) is 5.49. The van der Waals surface area contributed by atoms with Crippen molar-refractivity contribution < 1.29 is 41.0 Å². The smallest absolute Gasteiger partial charge is 0.481 e. The second-order valence-corrected chi connectivity index (χ2v) is 3.49. The van der Waals surface area contributed by atoms with Gasteiger partial charge in [-0.25, -0.2) is 18.6 Å². The third-order valence-electron chi connectivity index (χ3n) is 2.11. The molecule has 21 heavy (non-hydrogen) atoms. The number of pyridine rings is 1. The number of hydrogen-bond acceptors (Lipinski definition) is 5. The normalized spacial score (nSPS) is 11.4. The molecule has 0 aromatic carbocycles. The molecule has 0 unspecified atom stereocenters. The Morgan fingerprint density at radius 3 is 2.43 bits per heavy atom. The van der Waals surface area contributed by atoms with E-state index in [2.05, 4.69) is 19.2 Å². The number of nitrogens with zero attached hydrogens (tertiary/aromatic N) is 1. The summed E-state index contributed by atoms with van der Waals surface area (Å²) in [5.74, 6) is -3.12. The maximum absolute atomic E-state index is 12.9. The Morgan fingerprint density at radius 2 is 2.00 bits per heavy atom. The van der Waals surface area contributed by atoms with Crippen molar-refractivity contribution in [1.29, 1.82) is 0 Å². The van der Waals surface area contributed by atoms with E-state index in [0.29, 0.717) is 6.07 Å². The van der Waals surface area contributed by atoms with Crippen LogP contribution < -0.4 is 9.47 Å². The van der Waals surface area contributed by atoms with E-state index in [1.165, 1.54) is 6.92 Å². The van der Waals surface area contributed by atoms with Gasteiger partial charge in [0.2, 0.25) is 5.88 Å². The summed E-state index contributed by atoms with van der Waals surface area (Å²) < 4.78 is 75.3. The van der Waals surface area contributed by atoms with Gasteiger partial charge >= 0.3 is 12.3 Å². The second-order valence-electron chi connectivity index (χ2n) is 3.49. The summed E-state index contributed by atoms with van der Waals surface area (Å²) in [6.07, 6.45) is -8.51. The lowest BCUT2D eigenvalue weighted by Crippen LogP contribution is -2.21. The number of rotatable bonds is 5. The zero-order valence-corrected chi connectivity index (χ0v) is 10.8. The van der Waals surface area contributed by atoms with Crippen molar-refractivity contribution in [3.05, 3.63) is 17.3 Å². The molecular weight excluding hydrogens is 305 g/mol. The number of carbonyl (C=O) groups is 1. The monoisotopic (exact) mass is 315 g/mol. The number of aromatic nitrogens is 1. The van der Waals surface area contributed by atoms with Crippen LogP contribution in [0.5, 0.6) is 11.6 Å². The third kappa shape index (κ3) is 4.43. The molecule has 0 amide bonds. The molecule has 118 valence electrons. The lowest BCUT2D eigenvalue weighted by Gasteiger charge is -2.16. The minimum absolute atomic E-state index is 0.223. The summed E-state index contributed by atoms with van der Waals surface area (Å²) in [4.78, 5) is 14.9. The minimum Gasteiger partial charge on any atom is -0.481 e. The molecule has 10 heteroatoms. The Morgan fingerprint density at radius 1 is 1.38 bits per heavy atom. The zero-order chi connectivity index (χ0) is 16.2. The molecule has 1 aromatic heterocycles. The summed E-state index contributed by atoms with van der Waals surface area (Å²) in [6.45, 7) is 1.14. The van der Waals surface area contributed by atoms with E-state index in [1.54, 1.807) is 0 Å². The van der Waals surface area contributed by atoms with Crippen LogP contribution in [0.4, 0.5) is 22.0 Å². The summed E-state index contributed by atoms with van der Waals surface area (Å²) in [5.41, 5.74) is -2.31. The highest BCUT2D eigenvalue weighted by Gasteiger charge is 2.36. The Balaban J connectivity index is 3.48. The lowest BCUT2D eigenvalue weighted by molar-refractivity contribution is -0.274. The number of halogens is 5. The first-order valence-corrected chi connectivity index (χ1v) is 5.49. The molecule has 0 fully saturated rings. The van der Waals surface area contributed by atoms with E-state index >= 15 is 0 Å². The number of alkyl halides is 5. The number of esters is 1. The summed E-state index contributed by atoms with van der Waals surface area (Å²) >= 11 is 0. The Hall–Kier alpha value is -2.13. The van der Waals surface area contributed by atoms with Gasteiger partial charge in [-0.05, 0) is 6.92 Å². The van der Waals surface area contributed by atoms with Gasteiger partial charge in [0.1, 0.15) is 11.3 Å². The summed E-state index contributed by atoms with van der Waals surface area (Å²) in [5, 5.41) is 0. The first-order chi connectivity index (χ1) is 9.69. The average Bonchev–Trinajstić information content (AvgIpc) is 2.35. The molecular formula is C11H10F5NO4. The fourth-order valence-electron chi connectivity index (χ4n) is 1.39. The molecule has 0 aliphatic carbocycles. The van der Waals surface area contributed by atoms with E-state index in [4.69, 9.17) is 0 Å². The first kappa shape index (κ1) is 16.9. The van der Waals surface area contributed by atoms with Crippen LogP contribution in [0.15, 0.2) is 6.07 Å². The number of hydrogen-bond donors (Lipinski definition) is 0. The van der Waals surface area contributed by atoms with Gasteiger partial charge in [-0.2, -0.15) is 0 Å². The molecule has 0 atom stereocenters. The molecule has 5 nitrogen and oxygen atoms in total. The molecule has 0 radical (unpaired) electrons. The predicted molar refractivity (Wildman–Crippen MR) is 58.4 cm³/mol. The van der Waals surface area contributed by atoms with E-state index in [9.17, 15) is 26.7 Å². The number of carbonyl (C=O) groups excluding carboxylic acids is 1. The Kier molecular flexibility index (Phi) is 5.28. The van der Waals surface area contributed by atoms with Crippen molar-refractivity contribution in [1.82, 2.24) is 4.98 Å². The van der Waals surface area contributed by atoms with Gasteiger partial charge in [-0.1, -0.05) is 0 Å². The SMILES string of the molecule is CCOC(=O)c1c(OC(F)(F)F)cc(OC)nc1C(F)F. The number of methoxy groups -OCH3 is 1. The fourth-order valence-corrected chi connectivity index (χ4v) is 1.39. The lowest BCUT2D eigenvalue weighted by atomic mass is 10.1. The highest BCUT2D eigenvalue weighted by Crippen LogP contribution is 2.35. The van der Waals surface area contributed by atoms with Crippen LogP contribution in [0, 0.1) is 0 Å². The molecule has 1 heterocycles. The molecule has 0 bridgehead atoms. The largest absolute Gasteiger partial charge is 0.573 e. The average molecular weight is 315 g/mol. The highest BCUT2D eigenvalue weighted by molar-refractivity contribution is 5.94. The summed E-state index contributed by atoms with van der Waals surface area (Å²) in [7, 11) is 1.01. The quantitative estimate of drug-likeness (QED) is 0.617. The second kappa shape index (κ2) is 6.55. The maximum Gasteiger partial charge on any atom is 0.573 e. The van der Waals surface area contributed by atoms with E-state index < -0.39 is 41.6 Å². The number of ether oxygens (including phenoxy) is 3. The standard InChI is InChI=1S/C11H10F5NO4/c1-3-20-10(18)7-5(21-11(14,15)16)4-6(19-2)17-8(7)9(12)13/h4,9H,3H2,1-2H3. The Bertz CT molecular complexity index is 518. The van der Waals surface area contributed by atoms with Crippen LogP contribution in [-0.4, -0.2) is 31.0 Å². The third-order valence-corrected chi connectivity index (χ3v) is 2.11. The van der Waals surface area contributed by atoms with Gasteiger partial charge in [-0.15, -0.1) is 13.2 Å². The van der Waals surface area contributed by atoms with Crippen molar-refractivity contribution in [2.75, 3.05) is 13.7 Å². The topological polar surface area (TPSA) is 57.7 Å². The molecule has 0 saturated heterocycles.